The Balaban J connectivity index is 2.01. The Morgan fingerprint density at radius 3 is 2.71 bits per heavy atom. The fraction of sp³-hybridized carbons (Fsp3) is 0.250. The van der Waals surface area contributed by atoms with Crippen LogP contribution in [0, 0.1) is 6.92 Å². The van der Waals surface area contributed by atoms with E-state index in [1.165, 1.54) is 4.88 Å². The van der Waals surface area contributed by atoms with Gasteiger partial charge in [0.25, 0.3) is 0 Å². The number of benzene rings is 1. The maximum Gasteiger partial charge on any atom is 0.0905 e. The van der Waals surface area contributed by atoms with Crippen LogP contribution in [0.4, 0.5) is 0 Å². The molecule has 2 heterocycles. The van der Waals surface area contributed by atoms with Gasteiger partial charge in [-0.05, 0) is 33.0 Å². The van der Waals surface area contributed by atoms with Crippen molar-refractivity contribution in [1.82, 2.24) is 20.1 Å². The second-order valence-electron chi connectivity index (χ2n) is 4.97. The number of aryl methyl sites for hydroxylation is 1. The van der Waals surface area contributed by atoms with Crippen LogP contribution in [0.3, 0.4) is 0 Å². The van der Waals surface area contributed by atoms with E-state index in [4.69, 9.17) is 0 Å². The molecule has 1 N–H and O–H groups in total. The highest BCUT2D eigenvalue weighted by Gasteiger charge is 2.17. The minimum absolute atomic E-state index is 0.284. The molecule has 4 nitrogen and oxygen atoms in total. The molecule has 0 saturated heterocycles. The molecule has 0 aliphatic carbocycles. The van der Waals surface area contributed by atoms with Crippen molar-refractivity contribution in [3.05, 3.63) is 52.6 Å². The van der Waals surface area contributed by atoms with Crippen molar-refractivity contribution >= 4 is 11.3 Å². The number of hydrogen-bond acceptors (Lipinski definition) is 4. The van der Waals surface area contributed by atoms with Gasteiger partial charge in [-0.15, -0.1) is 11.3 Å². The predicted molar refractivity (Wildman–Crippen MR) is 86.9 cm³/mol. The summed E-state index contributed by atoms with van der Waals surface area (Å²) in [5.74, 6) is 0. The Bertz CT molecular complexity index is 730. The lowest BCUT2D eigenvalue weighted by molar-refractivity contribution is 0.664. The van der Waals surface area contributed by atoms with Crippen molar-refractivity contribution in [3.8, 4) is 16.9 Å². The second kappa shape index (κ2) is 5.79. The molecule has 0 aliphatic heterocycles. The summed E-state index contributed by atoms with van der Waals surface area (Å²) < 4.78 is 1.89. The van der Waals surface area contributed by atoms with Gasteiger partial charge in [0.05, 0.1) is 22.6 Å². The third kappa shape index (κ3) is 2.75. The van der Waals surface area contributed by atoms with Crippen LogP contribution in [0.25, 0.3) is 16.9 Å². The first-order chi connectivity index (χ1) is 10.2. The molecule has 0 radical (unpaired) electrons. The molecule has 1 aromatic carbocycles. The predicted octanol–water partition coefficient (Wildman–Crippen LogP) is 3.58. The van der Waals surface area contributed by atoms with Crippen molar-refractivity contribution < 1.29 is 0 Å². The van der Waals surface area contributed by atoms with Gasteiger partial charge in [-0.3, -0.25) is 0 Å². The quantitative estimate of drug-likeness (QED) is 0.800. The van der Waals surface area contributed by atoms with Crippen LogP contribution in [0.15, 0.2) is 42.7 Å². The first-order valence-electron chi connectivity index (χ1n) is 6.94. The van der Waals surface area contributed by atoms with E-state index < -0.39 is 0 Å². The fourth-order valence-electron chi connectivity index (χ4n) is 2.24. The standard InChI is InChI=1S/C16H18N4S/c1-11(17-3)16-15(19-12(2)21-16)13-9-18-20(10-13)14-7-5-4-6-8-14/h4-11,17H,1-3H3. The topological polar surface area (TPSA) is 42.7 Å². The van der Waals surface area contributed by atoms with E-state index in [0.29, 0.717) is 0 Å². The highest BCUT2D eigenvalue weighted by molar-refractivity contribution is 7.12. The Kier molecular flexibility index (Phi) is 3.86. The summed E-state index contributed by atoms with van der Waals surface area (Å²) in [6, 6.07) is 10.4. The molecule has 21 heavy (non-hydrogen) atoms. The van der Waals surface area contributed by atoms with E-state index in [0.717, 1.165) is 22.0 Å². The molecule has 108 valence electrons. The molecule has 2 aromatic heterocycles. The molecule has 5 heteroatoms. The number of thiazole rings is 1. The smallest absolute Gasteiger partial charge is 0.0905 e. The molecular weight excluding hydrogens is 280 g/mol. The zero-order valence-electron chi connectivity index (χ0n) is 12.4. The maximum atomic E-state index is 4.68. The summed E-state index contributed by atoms with van der Waals surface area (Å²) >= 11 is 1.74. The van der Waals surface area contributed by atoms with Crippen LogP contribution in [0.2, 0.25) is 0 Å². The van der Waals surface area contributed by atoms with Crippen molar-refractivity contribution in [2.75, 3.05) is 7.05 Å². The lowest BCUT2D eigenvalue weighted by Crippen LogP contribution is -2.11. The average molecular weight is 298 g/mol. The Morgan fingerprint density at radius 2 is 2.00 bits per heavy atom. The van der Waals surface area contributed by atoms with Gasteiger partial charge < -0.3 is 5.32 Å². The van der Waals surface area contributed by atoms with E-state index in [9.17, 15) is 0 Å². The van der Waals surface area contributed by atoms with Gasteiger partial charge in [0.2, 0.25) is 0 Å². The largest absolute Gasteiger partial charge is 0.312 e. The number of nitrogens with one attached hydrogen (secondary N) is 1. The van der Waals surface area contributed by atoms with E-state index in [2.05, 4.69) is 22.3 Å². The van der Waals surface area contributed by atoms with E-state index in [1.807, 2.05) is 61.4 Å². The van der Waals surface area contributed by atoms with Crippen LogP contribution in [-0.4, -0.2) is 21.8 Å². The summed E-state index contributed by atoms with van der Waals surface area (Å²) in [5, 5.41) is 8.82. The third-order valence-electron chi connectivity index (χ3n) is 3.46. The molecule has 0 amide bonds. The normalized spacial score (nSPS) is 12.5. The first-order valence-corrected chi connectivity index (χ1v) is 7.75. The van der Waals surface area contributed by atoms with Gasteiger partial charge in [0.15, 0.2) is 0 Å². The van der Waals surface area contributed by atoms with Crippen molar-refractivity contribution in [1.29, 1.82) is 0 Å². The van der Waals surface area contributed by atoms with Crippen LogP contribution in [0.1, 0.15) is 22.9 Å². The molecule has 1 atom stereocenters. The lowest BCUT2D eigenvalue weighted by atomic mass is 10.1. The van der Waals surface area contributed by atoms with Crippen molar-refractivity contribution in [2.24, 2.45) is 0 Å². The number of para-hydroxylation sites is 1. The summed E-state index contributed by atoms with van der Waals surface area (Å²) in [6.45, 7) is 4.19. The highest BCUT2D eigenvalue weighted by Crippen LogP contribution is 2.32. The maximum absolute atomic E-state index is 4.68. The third-order valence-corrected chi connectivity index (χ3v) is 4.62. The summed E-state index contributed by atoms with van der Waals surface area (Å²) in [7, 11) is 1.97. The van der Waals surface area contributed by atoms with Crippen LogP contribution in [0.5, 0.6) is 0 Å². The van der Waals surface area contributed by atoms with Crippen LogP contribution < -0.4 is 5.32 Å². The van der Waals surface area contributed by atoms with Crippen molar-refractivity contribution in [3.63, 3.8) is 0 Å². The molecule has 0 spiro atoms. The Hall–Kier alpha value is -1.98. The molecule has 3 aromatic rings. The molecular formula is C16H18N4S. The Morgan fingerprint density at radius 1 is 1.24 bits per heavy atom. The first kappa shape index (κ1) is 14.0. The lowest BCUT2D eigenvalue weighted by Gasteiger charge is -2.08. The molecule has 1 unspecified atom stereocenters. The van der Waals surface area contributed by atoms with Crippen molar-refractivity contribution in [2.45, 2.75) is 19.9 Å². The van der Waals surface area contributed by atoms with E-state index in [1.54, 1.807) is 11.3 Å². The summed E-state index contributed by atoms with van der Waals surface area (Å²) in [5.41, 5.74) is 3.14. The van der Waals surface area contributed by atoms with E-state index >= 15 is 0 Å². The van der Waals surface area contributed by atoms with Gasteiger partial charge in [-0.25, -0.2) is 9.67 Å². The molecule has 0 bridgehead atoms. The van der Waals surface area contributed by atoms with Gasteiger partial charge >= 0.3 is 0 Å². The van der Waals surface area contributed by atoms with Gasteiger partial charge in [0.1, 0.15) is 0 Å². The number of hydrogen-bond donors (Lipinski definition) is 1. The minimum atomic E-state index is 0.284. The molecule has 0 fully saturated rings. The molecule has 3 rings (SSSR count). The number of rotatable bonds is 4. The second-order valence-corrected chi connectivity index (χ2v) is 6.20. The average Bonchev–Trinajstić information content (AvgIpc) is 3.13. The fourth-order valence-corrected chi connectivity index (χ4v) is 3.25. The Labute approximate surface area is 128 Å². The van der Waals surface area contributed by atoms with Gasteiger partial charge in [0, 0.05) is 22.7 Å². The highest BCUT2D eigenvalue weighted by atomic mass is 32.1. The zero-order chi connectivity index (χ0) is 14.8. The number of nitrogens with zero attached hydrogens (tertiary/aromatic N) is 3. The molecule has 0 aliphatic rings. The monoisotopic (exact) mass is 298 g/mol. The SMILES string of the molecule is CNC(C)c1sc(C)nc1-c1cnn(-c2ccccc2)c1. The number of aromatic nitrogens is 3. The summed E-state index contributed by atoms with van der Waals surface area (Å²) in [6.07, 6.45) is 3.92. The van der Waals surface area contributed by atoms with Gasteiger partial charge in [-0.2, -0.15) is 5.10 Å². The molecule has 0 saturated carbocycles. The minimum Gasteiger partial charge on any atom is -0.312 e. The zero-order valence-corrected chi connectivity index (χ0v) is 13.2. The van der Waals surface area contributed by atoms with Crippen LogP contribution >= 0.6 is 11.3 Å². The van der Waals surface area contributed by atoms with Crippen LogP contribution in [-0.2, 0) is 0 Å². The van der Waals surface area contributed by atoms with Gasteiger partial charge in [-0.1, -0.05) is 18.2 Å². The van der Waals surface area contributed by atoms with E-state index in [-0.39, 0.29) is 6.04 Å². The summed E-state index contributed by atoms with van der Waals surface area (Å²) in [4.78, 5) is 5.93.